The van der Waals surface area contributed by atoms with Gasteiger partial charge in [0.2, 0.25) is 5.89 Å². The van der Waals surface area contributed by atoms with Gasteiger partial charge in [-0.15, -0.1) is 0 Å². The molecule has 104 valence electrons. The Bertz CT molecular complexity index is 354. The number of aromatic nitrogens is 2. The van der Waals surface area contributed by atoms with Crippen molar-refractivity contribution in [2.45, 2.75) is 45.0 Å². The molecule has 0 aliphatic carbocycles. The molecule has 5 nitrogen and oxygen atoms in total. The molecule has 0 aliphatic heterocycles. The number of nitrogens with zero attached hydrogens (tertiary/aromatic N) is 2. The van der Waals surface area contributed by atoms with Crippen molar-refractivity contribution in [3.63, 3.8) is 0 Å². The average molecular weight is 267 g/mol. The Kier molecular flexibility index (Phi) is 5.54. The van der Waals surface area contributed by atoms with Crippen molar-refractivity contribution in [2.24, 2.45) is 5.73 Å². The third kappa shape index (κ3) is 5.46. The molecule has 0 saturated carbocycles. The smallest absolute Gasteiger partial charge is 0.364 e. The molecule has 1 atom stereocenters. The third-order valence-corrected chi connectivity index (χ3v) is 2.17. The third-order valence-electron chi connectivity index (χ3n) is 2.17. The van der Waals surface area contributed by atoms with Gasteiger partial charge in [0.25, 0.3) is 0 Å². The highest BCUT2D eigenvalue weighted by atomic mass is 19.4. The lowest BCUT2D eigenvalue weighted by atomic mass is 10.1. The molecule has 0 bridgehead atoms. The van der Waals surface area contributed by atoms with Gasteiger partial charge in [0.15, 0.2) is 5.82 Å². The molecule has 1 unspecified atom stereocenters. The lowest BCUT2D eigenvalue weighted by molar-refractivity contribution is -0.177. The summed E-state index contributed by atoms with van der Waals surface area (Å²) in [6.07, 6.45) is -1.75. The van der Waals surface area contributed by atoms with Crippen LogP contribution in [0.5, 0.6) is 0 Å². The van der Waals surface area contributed by atoms with Gasteiger partial charge in [0.1, 0.15) is 13.2 Å². The maximum absolute atomic E-state index is 11.8. The van der Waals surface area contributed by atoms with E-state index in [0.29, 0.717) is 6.42 Å². The van der Waals surface area contributed by atoms with Gasteiger partial charge in [-0.25, -0.2) is 0 Å². The second-order valence-electron chi connectivity index (χ2n) is 3.91. The number of hydrogen-bond acceptors (Lipinski definition) is 5. The fourth-order valence-corrected chi connectivity index (χ4v) is 1.28. The summed E-state index contributed by atoms with van der Waals surface area (Å²) in [6, 6.07) is -0.381. The molecule has 8 heteroatoms. The predicted molar refractivity (Wildman–Crippen MR) is 56.5 cm³/mol. The number of alkyl halides is 3. The highest BCUT2D eigenvalue weighted by molar-refractivity contribution is 4.90. The molecule has 1 rings (SSSR count). The van der Waals surface area contributed by atoms with Crippen molar-refractivity contribution >= 4 is 0 Å². The van der Waals surface area contributed by atoms with E-state index in [9.17, 15) is 13.2 Å². The minimum Gasteiger partial charge on any atom is -0.364 e. The van der Waals surface area contributed by atoms with Crippen LogP contribution >= 0.6 is 0 Å². The first kappa shape index (κ1) is 14.9. The van der Waals surface area contributed by atoms with E-state index in [1.165, 1.54) is 0 Å². The summed E-state index contributed by atoms with van der Waals surface area (Å²) in [4.78, 5) is 3.89. The molecule has 0 radical (unpaired) electrons. The van der Waals surface area contributed by atoms with Crippen LogP contribution in [0.1, 0.15) is 43.9 Å². The highest BCUT2D eigenvalue weighted by Gasteiger charge is 2.27. The zero-order valence-corrected chi connectivity index (χ0v) is 10.0. The second kappa shape index (κ2) is 6.69. The van der Waals surface area contributed by atoms with Crippen molar-refractivity contribution in [2.75, 3.05) is 6.61 Å². The SMILES string of the molecule is CCCCC(N)c1nc(COCC(F)(F)F)no1. The molecule has 1 aromatic rings. The first-order valence-electron chi connectivity index (χ1n) is 5.65. The topological polar surface area (TPSA) is 74.2 Å². The number of hydrogen-bond donors (Lipinski definition) is 1. The van der Waals surface area contributed by atoms with Crippen molar-refractivity contribution in [1.82, 2.24) is 10.1 Å². The van der Waals surface area contributed by atoms with Crippen LogP contribution in [0.3, 0.4) is 0 Å². The van der Waals surface area contributed by atoms with Crippen LogP contribution < -0.4 is 5.73 Å². The van der Waals surface area contributed by atoms with Crippen molar-refractivity contribution in [1.29, 1.82) is 0 Å². The quantitative estimate of drug-likeness (QED) is 0.820. The Morgan fingerprint density at radius 3 is 2.78 bits per heavy atom. The Balaban J connectivity index is 2.38. The van der Waals surface area contributed by atoms with E-state index in [1.807, 2.05) is 6.92 Å². The molecule has 1 heterocycles. The second-order valence-corrected chi connectivity index (χ2v) is 3.91. The summed E-state index contributed by atoms with van der Waals surface area (Å²) in [5.41, 5.74) is 5.78. The number of ether oxygens (including phenoxy) is 1. The molecule has 0 spiro atoms. The van der Waals surface area contributed by atoms with Gasteiger partial charge in [-0.1, -0.05) is 24.9 Å². The number of halogens is 3. The van der Waals surface area contributed by atoms with Gasteiger partial charge >= 0.3 is 6.18 Å². The predicted octanol–water partition coefficient (Wildman–Crippen LogP) is 2.34. The summed E-state index contributed by atoms with van der Waals surface area (Å²) in [5.74, 6) is 0.301. The van der Waals surface area contributed by atoms with E-state index in [-0.39, 0.29) is 24.4 Å². The highest BCUT2D eigenvalue weighted by Crippen LogP contribution is 2.17. The number of unbranched alkanes of at least 4 members (excludes halogenated alkanes) is 1. The van der Waals surface area contributed by atoms with Gasteiger partial charge in [-0.2, -0.15) is 18.2 Å². The van der Waals surface area contributed by atoms with Gasteiger partial charge in [-0.3, -0.25) is 0 Å². The molecule has 18 heavy (non-hydrogen) atoms. The van der Waals surface area contributed by atoms with Crippen LogP contribution in [0.2, 0.25) is 0 Å². The van der Waals surface area contributed by atoms with Crippen molar-refractivity contribution in [3.05, 3.63) is 11.7 Å². The van der Waals surface area contributed by atoms with Crippen molar-refractivity contribution < 1.29 is 22.4 Å². The minimum atomic E-state index is -4.36. The first-order valence-corrected chi connectivity index (χ1v) is 5.65. The fraction of sp³-hybridized carbons (Fsp3) is 0.800. The van der Waals surface area contributed by atoms with Crippen LogP contribution in [-0.4, -0.2) is 22.9 Å². The zero-order valence-electron chi connectivity index (χ0n) is 10.0. The van der Waals surface area contributed by atoms with Crippen LogP contribution in [-0.2, 0) is 11.3 Å². The van der Waals surface area contributed by atoms with E-state index in [4.69, 9.17) is 10.3 Å². The number of nitrogens with two attached hydrogens (primary N) is 1. The molecule has 0 aliphatic rings. The molecule has 2 N–H and O–H groups in total. The Hall–Kier alpha value is -1.15. The summed E-state index contributed by atoms with van der Waals surface area (Å²) in [7, 11) is 0. The van der Waals surface area contributed by atoms with Gasteiger partial charge in [0.05, 0.1) is 6.04 Å². The first-order chi connectivity index (χ1) is 8.42. The summed E-state index contributed by atoms with van der Waals surface area (Å²) < 4.78 is 44.7. The summed E-state index contributed by atoms with van der Waals surface area (Å²) >= 11 is 0. The van der Waals surface area contributed by atoms with Crippen LogP contribution in [0.15, 0.2) is 4.52 Å². The van der Waals surface area contributed by atoms with Crippen LogP contribution in [0.25, 0.3) is 0 Å². The maximum Gasteiger partial charge on any atom is 0.411 e. The van der Waals surface area contributed by atoms with E-state index in [1.54, 1.807) is 0 Å². The summed E-state index contributed by atoms with van der Waals surface area (Å²) in [5, 5.41) is 3.51. The molecule has 1 aromatic heterocycles. The standard InChI is InChI=1S/C10H16F3N3O2/c1-2-3-4-7(14)9-15-8(16-18-9)5-17-6-10(11,12)13/h7H,2-6,14H2,1H3. The lowest BCUT2D eigenvalue weighted by Gasteiger charge is -2.05. The molecule has 0 aromatic carbocycles. The lowest BCUT2D eigenvalue weighted by Crippen LogP contribution is -2.17. The zero-order chi connectivity index (χ0) is 13.6. The Morgan fingerprint density at radius 1 is 1.44 bits per heavy atom. The van der Waals surface area contributed by atoms with Gasteiger partial charge < -0.3 is 15.0 Å². The van der Waals surface area contributed by atoms with Gasteiger partial charge in [-0.05, 0) is 6.42 Å². The normalized spacial score (nSPS) is 13.8. The fourth-order valence-electron chi connectivity index (χ4n) is 1.28. The van der Waals surface area contributed by atoms with E-state index < -0.39 is 12.8 Å². The molecule has 0 saturated heterocycles. The molecule has 0 fully saturated rings. The maximum atomic E-state index is 11.8. The van der Waals surface area contributed by atoms with Gasteiger partial charge in [0, 0.05) is 0 Å². The van der Waals surface area contributed by atoms with Crippen LogP contribution in [0.4, 0.5) is 13.2 Å². The Morgan fingerprint density at radius 2 is 2.17 bits per heavy atom. The van der Waals surface area contributed by atoms with Crippen molar-refractivity contribution in [3.8, 4) is 0 Å². The average Bonchev–Trinajstić information content (AvgIpc) is 2.73. The minimum absolute atomic E-state index is 0.0706. The van der Waals surface area contributed by atoms with E-state index in [2.05, 4.69) is 14.9 Å². The number of rotatable bonds is 7. The summed E-state index contributed by atoms with van der Waals surface area (Å²) in [6.45, 7) is 0.346. The Labute approximate surface area is 102 Å². The monoisotopic (exact) mass is 267 g/mol. The largest absolute Gasteiger partial charge is 0.411 e. The van der Waals surface area contributed by atoms with Crippen LogP contribution in [0, 0.1) is 0 Å². The van der Waals surface area contributed by atoms with E-state index >= 15 is 0 Å². The van der Waals surface area contributed by atoms with E-state index in [0.717, 1.165) is 12.8 Å². The molecular weight excluding hydrogens is 251 g/mol. The molecule has 0 amide bonds. The molecular formula is C10H16F3N3O2.